The third-order valence-corrected chi connectivity index (χ3v) is 6.23. The molecule has 1 spiro atoms. The molecule has 0 bridgehead atoms. The van der Waals surface area contributed by atoms with E-state index in [1.54, 1.807) is 26.7 Å². The molecule has 2 saturated heterocycles. The number of nitrogens with zero attached hydrogens (tertiary/aromatic N) is 5. The highest BCUT2D eigenvalue weighted by Crippen LogP contribution is 2.35. The summed E-state index contributed by atoms with van der Waals surface area (Å²) in [5, 5.41) is 6.71. The summed E-state index contributed by atoms with van der Waals surface area (Å²) in [7, 11) is 1.87. The maximum absolute atomic E-state index is 13.1. The van der Waals surface area contributed by atoms with Crippen LogP contribution >= 0.6 is 0 Å². The molecule has 4 amide bonds. The van der Waals surface area contributed by atoms with Gasteiger partial charge in [-0.15, -0.1) is 0 Å². The molecule has 2 fully saturated rings. The van der Waals surface area contributed by atoms with Crippen LogP contribution in [0, 0.1) is 0 Å². The zero-order chi connectivity index (χ0) is 20.9. The molecule has 5 rings (SSSR count). The fourth-order valence-corrected chi connectivity index (χ4v) is 4.54. The van der Waals surface area contributed by atoms with E-state index in [1.807, 2.05) is 48.1 Å². The fourth-order valence-electron chi connectivity index (χ4n) is 4.54. The van der Waals surface area contributed by atoms with Gasteiger partial charge < -0.3 is 14.4 Å². The number of benzene rings is 1. The van der Waals surface area contributed by atoms with Crippen molar-refractivity contribution in [1.29, 1.82) is 0 Å². The third-order valence-electron chi connectivity index (χ3n) is 6.23. The topological polar surface area (TPSA) is 92.0 Å². The molecule has 0 radical (unpaired) electrons. The normalized spacial score (nSPS) is 18.4. The first kappa shape index (κ1) is 18.4. The number of carbonyl (C=O) groups is 3. The first-order valence-electron chi connectivity index (χ1n) is 9.94. The van der Waals surface area contributed by atoms with Gasteiger partial charge in [-0.25, -0.2) is 9.31 Å². The Morgan fingerprint density at radius 3 is 2.60 bits per heavy atom. The number of amides is 4. The number of imide groups is 1. The van der Waals surface area contributed by atoms with E-state index in [9.17, 15) is 14.4 Å². The molecule has 4 heterocycles. The minimum Gasteiger partial charge on any atom is -0.338 e. The molecule has 9 heteroatoms. The van der Waals surface area contributed by atoms with E-state index in [1.165, 1.54) is 0 Å². The maximum Gasteiger partial charge on any atom is 0.325 e. The van der Waals surface area contributed by atoms with E-state index in [2.05, 4.69) is 10.4 Å². The Kier molecular flexibility index (Phi) is 4.12. The summed E-state index contributed by atoms with van der Waals surface area (Å²) in [6.45, 7) is 1.15. The lowest BCUT2D eigenvalue weighted by Crippen LogP contribution is -2.57. The van der Waals surface area contributed by atoms with Gasteiger partial charge in [0.1, 0.15) is 16.7 Å². The Morgan fingerprint density at radius 2 is 1.87 bits per heavy atom. The maximum atomic E-state index is 13.1. The zero-order valence-corrected chi connectivity index (χ0v) is 16.6. The van der Waals surface area contributed by atoms with Crippen molar-refractivity contribution in [1.82, 2.24) is 29.3 Å². The number of urea groups is 1. The molecule has 154 valence electrons. The summed E-state index contributed by atoms with van der Waals surface area (Å²) in [6, 6.07) is 9.25. The van der Waals surface area contributed by atoms with Crippen LogP contribution in [0.1, 0.15) is 28.8 Å². The predicted molar refractivity (Wildman–Crippen MR) is 108 cm³/mol. The van der Waals surface area contributed by atoms with Crippen LogP contribution in [0.2, 0.25) is 0 Å². The lowest BCUT2D eigenvalue weighted by molar-refractivity contribution is -0.129. The van der Waals surface area contributed by atoms with Gasteiger partial charge in [-0.1, -0.05) is 30.3 Å². The summed E-state index contributed by atoms with van der Waals surface area (Å²) in [5.74, 6) is -0.383. The summed E-state index contributed by atoms with van der Waals surface area (Å²) >= 11 is 0. The molecule has 2 aliphatic rings. The van der Waals surface area contributed by atoms with Crippen molar-refractivity contribution in [2.24, 2.45) is 7.05 Å². The second-order valence-corrected chi connectivity index (χ2v) is 7.89. The van der Waals surface area contributed by atoms with Gasteiger partial charge in [0.05, 0.1) is 6.20 Å². The van der Waals surface area contributed by atoms with Crippen LogP contribution in [0.3, 0.4) is 0 Å². The third kappa shape index (κ3) is 2.69. The highest BCUT2D eigenvalue weighted by Gasteiger charge is 2.54. The first-order valence-corrected chi connectivity index (χ1v) is 9.94. The molecule has 1 aromatic carbocycles. The zero-order valence-electron chi connectivity index (χ0n) is 16.6. The second kappa shape index (κ2) is 6.72. The van der Waals surface area contributed by atoms with Crippen molar-refractivity contribution in [2.45, 2.75) is 24.9 Å². The number of nitrogens with one attached hydrogen (secondary N) is 1. The van der Waals surface area contributed by atoms with Gasteiger partial charge in [0.2, 0.25) is 0 Å². The predicted octanol–water partition coefficient (Wildman–Crippen LogP) is 1.40. The molecule has 1 N–H and O–H groups in total. The van der Waals surface area contributed by atoms with Crippen molar-refractivity contribution >= 4 is 23.5 Å². The number of imidazole rings is 1. The number of carbonyl (C=O) groups excluding carboxylic acids is 3. The number of likely N-dealkylation sites (tertiary alicyclic amines) is 1. The quantitative estimate of drug-likeness (QED) is 0.666. The van der Waals surface area contributed by atoms with E-state index in [0.29, 0.717) is 38.0 Å². The Morgan fingerprint density at radius 1 is 1.13 bits per heavy atom. The van der Waals surface area contributed by atoms with Gasteiger partial charge in [-0.05, 0) is 18.4 Å². The van der Waals surface area contributed by atoms with Crippen molar-refractivity contribution in [3.63, 3.8) is 0 Å². The smallest absolute Gasteiger partial charge is 0.325 e. The number of fused-ring (bicyclic) bond motifs is 1. The van der Waals surface area contributed by atoms with E-state index in [4.69, 9.17) is 0 Å². The summed E-state index contributed by atoms with van der Waals surface area (Å²) in [4.78, 5) is 41.8. The molecular weight excluding hydrogens is 384 g/mol. The molecule has 0 unspecified atom stereocenters. The molecule has 9 nitrogen and oxygen atoms in total. The largest absolute Gasteiger partial charge is 0.338 e. The second-order valence-electron chi connectivity index (χ2n) is 7.89. The van der Waals surface area contributed by atoms with Crippen LogP contribution in [0.5, 0.6) is 0 Å². The van der Waals surface area contributed by atoms with Crippen molar-refractivity contribution < 1.29 is 14.4 Å². The van der Waals surface area contributed by atoms with Crippen molar-refractivity contribution in [3.05, 3.63) is 60.0 Å². The Hall–Kier alpha value is -3.62. The van der Waals surface area contributed by atoms with E-state index in [0.717, 1.165) is 11.2 Å². The summed E-state index contributed by atoms with van der Waals surface area (Å²) in [6.07, 6.45) is 6.03. The molecule has 30 heavy (non-hydrogen) atoms. The molecule has 2 aromatic heterocycles. The monoisotopic (exact) mass is 406 g/mol. The van der Waals surface area contributed by atoms with Crippen LogP contribution in [-0.4, -0.2) is 60.5 Å². The van der Waals surface area contributed by atoms with Gasteiger partial charge in [-0.2, -0.15) is 5.10 Å². The number of hydrogen-bond acceptors (Lipinski definition) is 4. The molecule has 0 aliphatic carbocycles. The summed E-state index contributed by atoms with van der Waals surface area (Å²) < 4.78 is 3.53. The van der Waals surface area contributed by atoms with E-state index >= 15 is 0 Å². The number of rotatable bonds is 3. The summed E-state index contributed by atoms with van der Waals surface area (Å²) in [5.41, 5.74) is 1.32. The highest BCUT2D eigenvalue weighted by atomic mass is 16.2. The lowest BCUT2D eigenvalue weighted by Gasteiger charge is -2.42. The van der Waals surface area contributed by atoms with Crippen LogP contribution < -0.4 is 5.32 Å². The van der Waals surface area contributed by atoms with Gasteiger partial charge in [0.25, 0.3) is 11.8 Å². The van der Waals surface area contributed by atoms with Crippen LogP contribution in [0.25, 0.3) is 5.65 Å². The molecule has 0 saturated carbocycles. The van der Waals surface area contributed by atoms with E-state index in [-0.39, 0.29) is 17.8 Å². The number of aryl methyl sites for hydroxylation is 1. The minimum absolute atomic E-state index is 0.110. The average Bonchev–Trinajstić information content (AvgIpc) is 3.40. The first-order chi connectivity index (χ1) is 14.5. The standard InChI is InChI=1S/C21H22N6O3/c1-24-11-12-27-17(24)16(13-22-27)18(28)25-9-7-21(8-10-25)19(29)23-20(30)26(21)14-15-5-3-2-4-6-15/h2-6,11-13H,7-10,14H2,1H3,(H,23,29,30). The Balaban J connectivity index is 1.36. The number of aromatic nitrogens is 3. The fraction of sp³-hybridized carbons (Fsp3) is 0.333. The SMILES string of the molecule is Cn1ccn2ncc(C(=O)N3CCC4(CC3)C(=O)NC(=O)N4Cc3ccccc3)c12. The van der Waals surface area contributed by atoms with Crippen LogP contribution in [-0.2, 0) is 18.4 Å². The van der Waals surface area contributed by atoms with Gasteiger partial charge >= 0.3 is 6.03 Å². The van der Waals surface area contributed by atoms with Gasteiger partial charge in [0.15, 0.2) is 0 Å². The molecule has 3 aromatic rings. The molecule has 0 atom stereocenters. The lowest BCUT2D eigenvalue weighted by atomic mass is 9.85. The van der Waals surface area contributed by atoms with Crippen LogP contribution in [0.15, 0.2) is 48.9 Å². The highest BCUT2D eigenvalue weighted by molar-refractivity contribution is 6.07. The number of piperidine rings is 1. The Labute approximate surface area is 172 Å². The molecular formula is C21H22N6O3. The number of hydrogen-bond donors (Lipinski definition) is 1. The van der Waals surface area contributed by atoms with Crippen molar-refractivity contribution in [3.8, 4) is 0 Å². The van der Waals surface area contributed by atoms with Gasteiger partial charge in [0, 0.05) is 39.1 Å². The van der Waals surface area contributed by atoms with Crippen molar-refractivity contribution in [2.75, 3.05) is 13.1 Å². The van der Waals surface area contributed by atoms with Crippen LogP contribution in [0.4, 0.5) is 4.79 Å². The van der Waals surface area contributed by atoms with E-state index < -0.39 is 5.54 Å². The Bertz CT molecular complexity index is 1140. The van der Waals surface area contributed by atoms with Gasteiger partial charge in [-0.3, -0.25) is 14.9 Å². The minimum atomic E-state index is -0.914. The molecule has 2 aliphatic heterocycles. The average molecular weight is 406 g/mol.